The number of thioether (sulfide) groups is 1. The van der Waals surface area contributed by atoms with Crippen LogP contribution >= 0.6 is 11.8 Å². The molecule has 0 radical (unpaired) electrons. The fourth-order valence-electron chi connectivity index (χ4n) is 11.2. The van der Waals surface area contributed by atoms with Crippen LogP contribution in [0.2, 0.25) is 0 Å². The second-order valence-corrected chi connectivity index (χ2v) is 13.7. The number of nitrogens with zero attached hydrogens (tertiary/aromatic N) is 3. The van der Waals surface area contributed by atoms with E-state index in [4.69, 9.17) is 10.2 Å². The van der Waals surface area contributed by atoms with Crippen LogP contribution in [-0.4, -0.2) is 20.5 Å². The van der Waals surface area contributed by atoms with Gasteiger partial charge in [-0.3, -0.25) is 0 Å². The minimum atomic E-state index is 0.343. The monoisotopic (exact) mass is 425 g/mol. The van der Waals surface area contributed by atoms with Crippen LogP contribution < -0.4 is 0 Å². The number of hydrogen-bond acceptors (Lipinski definition) is 3. The van der Waals surface area contributed by atoms with E-state index < -0.39 is 0 Å². The van der Waals surface area contributed by atoms with Crippen molar-refractivity contribution < 1.29 is 0 Å². The van der Waals surface area contributed by atoms with Crippen LogP contribution in [0.1, 0.15) is 90.3 Å². The van der Waals surface area contributed by atoms with Crippen molar-refractivity contribution in [2.75, 3.05) is 5.75 Å². The van der Waals surface area contributed by atoms with E-state index in [1.54, 1.807) is 51.4 Å². The first-order valence-corrected chi connectivity index (χ1v) is 14.2. The van der Waals surface area contributed by atoms with Crippen molar-refractivity contribution in [3.8, 4) is 0 Å². The van der Waals surface area contributed by atoms with Crippen molar-refractivity contribution in [2.45, 2.75) is 102 Å². The summed E-state index contributed by atoms with van der Waals surface area (Å²) in [5.41, 5.74) is 0.991. The Hall–Kier alpha value is -0.510. The lowest BCUT2D eigenvalue weighted by atomic mass is 9.35. The van der Waals surface area contributed by atoms with Crippen molar-refractivity contribution in [1.29, 1.82) is 0 Å². The van der Waals surface area contributed by atoms with Gasteiger partial charge in [-0.1, -0.05) is 18.7 Å². The zero-order chi connectivity index (χ0) is 20.1. The van der Waals surface area contributed by atoms with E-state index in [-0.39, 0.29) is 0 Å². The first kappa shape index (κ1) is 19.0. The fraction of sp³-hybridized carbons (Fsp3) is 0.923. The molecule has 3 nitrogen and oxygen atoms in total. The summed E-state index contributed by atoms with van der Waals surface area (Å²) in [6.45, 7) is 5.62. The molecule has 8 aliphatic carbocycles. The highest BCUT2D eigenvalue weighted by molar-refractivity contribution is 7.99. The first-order valence-electron chi connectivity index (χ1n) is 13.2. The van der Waals surface area contributed by atoms with E-state index in [1.165, 1.54) is 30.2 Å². The van der Waals surface area contributed by atoms with Crippen LogP contribution in [0.5, 0.6) is 0 Å². The summed E-state index contributed by atoms with van der Waals surface area (Å²) in [5, 5.41) is 11.0. The predicted octanol–water partition coefficient (Wildman–Crippen LogP) is 6.32. The highest BCUT2D eigenvalue weighted by Gasteiger charge is 2.67. The van der Waals surface area contributed by atoms with E-state index in [9.17, 15) is 0 Å². The van der Waals surface area contributed by atoms with Crippen LogP contribution in [-0.2, 0) is 12.0 Å². The normalized spacial score (nSPS) is 50.5. The Kier molecular flexibility index (Phi) is 4.13. The average molecular weight is 426 g/mol. The predicted molar refractivity (Wildman–Crippen MR) is 121 cm³/mol. The van der Waals surface area contributed by atoms with Gasteiger partial charge in [0.25, 0.3) is 0 Å². The molecular formula is C26H39N3S. The first-order chi connectivity index (χ1) is 14.6. The summed E-state index contributed by atoms with van der Waals surface area (Å²) in [4.78, 5) is 0. The van der Waals surface area contributed by atoms with E-state index in [0.717, 1.165) is 53.7 Å². The molecule has 0 amide bonds. The molecule has 164 valence electrons. The highest BCUT2D eigenvalue weighted by atomic mass is 32.2. The topological polar surface area (TPSA) is 30.7 Å². The summed E-state index contributed by atoms with van der Waals surface area (Å²) in [6.07, 6.45) is 16.9. The third-order valence-corrected chi connectivity index (χ3v) is 11.7. The zero-order valence-electron chi connectivity index (χ0n) is 19.0. The van der Waals surface area contributed by atoms with Crippen LogP contribution in [0, 0.1) is 46.8 Å². The van der Waals surface area contributed by atoms with Gasteiger partial charge in [-0.25, -0.2) is 0 Å². The zero-order valence-corrected chi connectivity index (χ0v) is 19.8. The largest absolute Gasteiger partial charge is 0.306 e. The fourth-order valence-corrected chi connectivity index (χ4v) is 11.9. The van der Waals surface area contributed by atoms with Gasteiger partial charge in [-0.05, 0) is 130 Å². The Morgan fingerprint density at radius 1 is 0.800 bits per heavy atom. The molecule has 0 aromatic carbocycles. The molecule has 4 heteroatoms. The standard InChI is InChI=1S/C26H39N3S/c1-3-29-23(27-28-24(29)30-4-2)26-14-19-8-20(15-26)10-21(9-19)22(26)25-11-16-5-17(12-25)7-18(6-16)13-25/h16-22H,3-15H2,1-2H3. The number of rotatable bonds is 5. The summed E-state index contributed by atoms with van der Waals surface area (Å²) in [7, 11) is 0. The Balaban J connectivity index is 1.37. The maximum atomic E-state index is 5.07. The third-order valence-electron chi connectivity index (χ3n) is 10.8. The van der Waals surface area contributed by atoms with Gasteiger partial charge in [0.15, 0.2) is 5.16 Å². The molecule has 8 aliphatic rings. The quantitative estimate of drug-likeness (QED) is 0.517. The van der Waals surface area contributed by atoms with Gasteiger partial charge in [0.2, 0.25) is 0 Å². The van der Waals surface area contributed by atoms with Crippen molar-refractivity contribution >= 4 is 11.8 Å². The Morgan fingerprint density at radius 3 is 1.90 bits per heavy atom. The van der Waals surface area contributed by atoms with Crippen LogP contribution in [0.3, 0.4) is 0 Å². The maximum absolute atomic E-state index is 5.07. The molecule has 8 bridgehead atoms. The van der Waals surface area contributed by atoms with E-state index >= 15 is 0 Å². The summed E-state index contributed by atoms with van der Waals surface area (Å²) < 4.78 is 2.56. The average Bonchev–Trinajstić information content (AvgIpc) is 3.09. The number of aromatic nitrogens is 3. The lowest BCUT2D eigenvalue weighted by Gasteiger charge is -2.70. The summed E-state index contributed by atoms with van der Waals surface area (Å²) >= 11 is 1.90. The van der Waals surface area contributed by atoms with Crippen molar-refractivity contribution in [3.63, 3.8) is 0 Å². The lowest BCUT2D eigenvalue weighted by molar-refractivity contribution is -0.181. The molecule has 3 atom stereocenters. The van der Waals surface area contributed by atoms with Gasteiger partial charge in [-0.2, -0.15) is 0 Å². The second-order valence-electron chi connectivity index (χ2n) is 12.5. The third kappa shape index (κ3) is 2.46. The van der Waals surface area contributed by atoms with E-state index in [2.05, 4.69) is 18.4 Å². The van der Waals surface area contributed by atoms with Crippen molar-refractivity contribution in [1.82, 2.24) is 14.8 Å². The van der Waals surface area contributed by atoms with Gasteiger partial charge in [-0.15, -0.1) is 10.2 Å². The van der Waals surface area contributed by atoms with E-state index in [1.807, 2.05) is 11.8 Å². The Labute approximate surface area is 186 Å². The molecule has 1 heterocycles. The van der Waals surface area contributed by atoms with Crippen molar-refractivity contribution in [2.24, 2.45) is 46.8 Å². The Bertz CT molecular complexity index is 794. The minimum Gasteiger partial charge on any atom is -0.306 e. The van der Waals surface area contributed by atoms with Crippen LogP contribution in [0.15, 0.2) is 5.16 Å². The van der Waals surface area contributed by atoms with Gasteiger partial charge in [0.05, 0.1) is 0 Å². The SMILES string of the molecule is CCSc1nnc(C23CC4CC(CC(C4)C2C24CC5CC(CC(C5)C2)C4)C3)n1CC. The minimum absolute atomic E-state index is 0.343. The molecule has 0 N–H and O–H groups in total. The summed E-state index contributed by atoms with van der Waals surface area (Å²) in [5.74, 6) is 9.52. The molecule has 8 fully saturated rings. The molecule has 0 saturated heterocycles. The summed E-state index contributed by atoms with van der Waals surface area (Å²) in [6, 6.07) is 0. The Morgan fingerprint density at radius 2 is 1.37 bits per heavy atom. The van der Waals surface area contributed by atoms with Crippen LogP contribution in [0.25, 0.3) is 0 Å². The molecule has 9 rings (SSSR count). The van der Waals surface area contributed by atoms with Gasteiger partial charge in [0.1, 0.15) is 5.82 Å². The number of hydrogen-bond donors (Lipinski definition) is 0. The molecule has 1 aromatic rings. The van der Waals surface area contributed by atoms with Crippen LogP contribution in [0.4, 0.5) is 0 Å². The second kappa shape index (κ2) is 6.51. The smallest absolute Gasteiger partial charge is 0.191 e. The molecular weight excluding hydrogens is 386 g/mol. The van der Waals surface area contributed by atoms with Gasteiger partial charge >= 0.3 is 0 Å². The lowest BCUT2D eigenvalue weighted by Crippen LogP contribution is -2.64. The van der Waals surface area contributed by atoms with Gasteiger partial charge in [0, 0.05) is 12.0 Å². The van der Waals surface area contributed by atoms with Crippen molar-refractivity contribution in [3.05, 3.63) is 5.82 Å². The molecule has 1 aromatic heterocycles. The van der Waals surface area contributed by atoms with E-state index in [0.29, 0.717) is 10.8 Å². The highest BCUT2D eigenvalue weighted by Crippen LogP contribution is 2.73. The van der Waals surface area contributed by atoms with Gasteiger partial charge < -0.3 is 4.57 Å². The molecule has 0 spiro atoms. The molecule has 8 saturated carbocycles. The maximum Gasteiger partial charge on any atom is 0.191 e. The molecule has 0 aliphatic heterocycles. The molecule has 3 unspecified atom stereocenters. The molecule has 30 heavy (non-hydrogen) atoms.